The van der Waals surface area contributed by atoms with Gasteiger partial charge in [-0.2, -0.15) is 5.26 Å². The summed E-state index contributed by atoms with van der Waals surface area (Å²) in [4.78, 5) is 11.8. The molecule has 0 saturated carbocycles. The first-order chi connectivity index (χ1) is 16.9. The average Bonchev–Trinajstić information content (AvgIpc) is 3.19. The summed E-state index contributed by atoms with van der Waals surface area (Å²) in [6.07, 6.45) is -1.22. The van der Waals surface area contributed by atoms with E-state index in [2.05, 4.69) is 11.4 Å². The van der Waals surface area contributed by atoms with Gasteiger partial charge in [-0.15, -0.1) is 0 Å². The Kier molecular flexibility index (Phi) is 5.47. The Bertz CT molecular complexity index is 1750. The molecule has 0 saturated heterocycles. The van der Waals surface area contributed by atoms with E-state index in [1.165, 1.54) is 0 Å². The van der Waals surface area contributed by atoms with Gasteiger partial charge >= 0.3 is 6.09 Å². The number of amides is 1. The molecule has 35 heavy (non-hydrogen) atoms. The molecule has 1 heterocycles. The molecule has 0 aliphatic carbocycles. The minimum Gasteiger partial charge on any atom is -0.465 e. The van der Waals surface area contributed by atoms with Crippen LogP contribution in [0.3, 0.4) is 0 Å². The minimum absolute atomic E-state index is 0.152. The van der Waals surface area contributed by atoms with E-state index >= 15 is 0 Å². The summed E-state index contributed by atoms with van der Waals surface area (Å²) in [5, 5.41) is 23.5. The van der Waals surface area contributed by atoms with Crippen molar-refractivity contribution in [2.45, 2.75) is 16.3 Å². The van der Waals surface area contributed by atoms with Crippen LogP contribution in [-0.4, -0.2) is 24.2 Å². The number of carbonyl (C=O) groups is 1. The number of hydrogen-bond acceptors (Lipinski definition) is 4. The van der Waals surface area contributed by atoms with Crippen molar-refractivity contribution >= 4 is 43.4 Å². The Morgan fingerprint density at radius 1 is 0.886 bits per heavy atom. The third-order valence-electron chi connectivity index (χ3n) is 5.88. The molecule has 0 aliphatic rings. The highest BCUT2D eigenvalue weighted by molar-refractivity contribution is 7.91. The Morgan fingerprint density at radius 3 is 2.37 bits per heavy atom. The zero-order chi connectivity index (χ0) is 24.6. The fraction of sp³-hybridized carbons (Fsp3) is 0.0370. The second-order valence-electron chi connectivity index (χ2n) is 8.05. The molecular weight excluding hydrogens is 462 g/mol. The number of carboxylic acid groups (broad SMARTS) is 1. The Balaban J connectivity index is 1.73. The number of hydrogen-bond donors (Lipinski definition) is 2. The van der Waals surface area contributed by atoms with Crippen molar-refractivity contribution in [3.63, 3.8) is 0 Å². The van der Waals surface area contributed by atoms with Gasteiger partial charge in [-0.3, -0.25) is 5.32 Å². The van der Waals surface area contributed by atoms with Gasteiger partial charge in [0.15, 0.2) is 0 Å². The summed E-state index contributed by atoms with van der Waals surface area (Å²) < 4.78 is 28.6. The van der Waals surface area contributed by atoms with Gasteiger partial charge in [-0.25, -0.2) is 13.2 Å². The third kappa shape index (κ3) is 4.09. The number of rotatable bonds is 5. The predicted molar refractivity (Wildman–Crippen MR) is 133 cm³/mol. The first-order valence-corrected chi connectivity index (χ1v) is 12.2. The molecule has 0 aliphatic heterocycles. The number of sulfone groups is 1. The number of benzene rings is 4. The lowest BCUT2D eigenvalue weighted by atomic mass is 10.0. The van der Waals surface area contributed by atoms with Crippen molar-refractivity contribution < 1.29 is 18.3 Å². The van der Waals surface area contributed by atoms with Crippen LogP contribution in [0.2, 0.25) is 0 Å². The fourth-order valence-corrected chi connectivity index (χ4v) is 5.63. The smallest absolute Gasteiger partial charge is 0.410 e. The third-order valence-corrected chi connectivity index (χ3v) is 7.63. The predicted octanol–water partition coefficient (Wildman–Crippen LogP) is 5.64. The summed E-state index contributed by atoms with van der Waals surface area (Å²) in [6, 6.07) is 27.9. The summed E-state index contributed by atoms with van der Waals surface area (Å²) in [6.45, 7) is 0.187. The van der Waals surface area contributed by atoms with Crippen LogP contribution >= 0.6 is 0 Å². The molecule has 4 aromatic carbocycles. The molecule has 0 spiro atoms. The molecular formula is C27H19N3O4S. The van der Waals surface area contributed by atoms with Gasteiger partial charge in [0.1, 0.15) is 5.82 Å². The van der Waals surface area contributed by atoms with Gasteiger partial charge in [-0.1, -0.05) is 48.5 Å². The van der Waals surface area contributed by atoms with Crippen LogP contribution in [0.15, 0.2) is 101 Å². The first kappa shape index (κ1) is 22.2. The molecule has 5 rings (SSSR count). The maximum atomic E-state index is 13.4. The number of nitrogens with one attached hydrogen (secondary N) is 1. The SMILES string of the molecule is N#Cc1ccc2cc(NC(=O)O)n(Cc3cc(S(=O)(=O)c4ccccc4)cc4ccccc34)c2c1. The van der Waals surface area contributed by atoms with Gasteiger partial charge in [0.25, 0.3) is 0 Å². The normalized spacial score (nSPS) is 11.4. The molecule has 0 fully saturated rings. The summed E-state index contributed by atoms with van der Waals surface area (Å²) in [5.74, 6) is 0.322. The topological polar surface area (TPSA) is 112 Å². The fourth-order valence-electron chi connectivity index (χ4n) is 4.26. The monoisotopic (exact) mass is 481 g/mol. The Labute approximate surface area is 201 Å². The molecule has 0 radical (unpaired) electrons. The van der Waals surface area contributed by atoms with E-state index < -0.39 is 15.9 Å². The van der Waals surface area contributed by atoms with E-state index in [0.717, 1.165) is 16.2 Å². The highest BCUT2D eigenvalue weighted by atomic mass is 32.2. The van der Waals surface area contributed by atoms with Gasteiger partial charge in [0, 0.05) is 5.39 Å². The molecule has 0 unspecified atom stereocenters. The van der Waals surface area contributed by atoms with Gasteiger partial charge in [-0.05, 0) is 58.8 Å². The zero-order valence-electron chi connectivity index (χ0n) is 18.3. The van der Waals surface area contributed by atoms with Crippen LogP contribution in [-0.2, 0) is 16.4 Å². The lowest BCUT2D eigenvalue weighted by molar-refractivity contribution is 0.209. The maximum Gasteiger partial charge on any atom is 0.410 e. The van der Waals surface area contributed by atoms with Gasteiger partial charge < -0.3 is 9.67 Å². The lowest BCUT2D eigenvalue weighted by Gasteiger charge is -2.15. The molecule has 172 valence electrons. The largest absolute Gasteiger partial charge is 0.465 e. The van der Waals surface area contributed by atoms with E-state index in [0.29, 0.717) is 22.5 Å². The number of aromatic nitrogens is 1. The Morgan fingerprint density at radius 2 is 1.63 bits per heavy atom. The number of anilines is 1. The molecule has 7 nitrogen and oxygen atoms in total. The minimum atomic E-state index is -3.78. The lowest BCUT2D eigenvalue weighted by Crippen LogP contribution is -2.13. The molecule has 0 atom stereocenters. The Hall–Kier alpha value is -4.61. The number of nitrogens with zero attached hydrogens (tertiary/aromatic N) is 2. The van der Waals surface area contributed by atoms with Crippen molar-refractivity contribution in [1.29, 1.82) is 5.26 Å². The highest BCUT2D eigenvalue weighted by Crippen LogP contribution is 2.31. The van der Waals surface area contributed by atoms with Crippen LogP contribution in [0.4, 0.5) is 10.6 Å². The quantitative estimate of drug-likeness (QED) is 0.337. The highest BCUT2D eigenvalue weighted by Gasteiger charge is 2.20. The average molecular weight is 482 g/mol. The standard InChI is InChI=1S/C27H19N3O4S/c28-16-18-10-11-20-15-26(29-27(31)32)30(25(20)12-18)17-21-14-23(13-19-6-4-5-9-24(19)21)35(33,34)22-7-2-1-3-8-22/h1-15,29H,17H2,(H,31,32). The van der Waals surface area contributed by atoms with Crippen LogP contribution < -0.4 is 5.32 Å². The molecule has 1 aromatic heterocycles. The molecule has 8 heteroatoms. The van der Waals surface area contributed by atoms with Crippen molar-refractivity contribution in [2.75, 3.05) is 5.32 Å². The molecule has 1 amide bonds. The van der Waals surface area contributed by atoms with Gasteiger partial charge in [0.2, 0.25) is 9.84 Å². The van der Waals surface area contributed by atoms with Crippen molar-refractivity contribution in [3.05, 3.63) is 102 Å². The number of fused-ring (bicyclic) bond motifs is 2. The molecule has 0 bridgehead atoms. The van der Waals surface area contributed by atoms with Crippen LogP contribution in [0.5, 0.6) is 0 Å². The van der Waals surface area contributed by atoms with Crippen LogP contribution in [0.25, 0.3) is 21.7 Å². The van der Waals surface area contributed by atoms with E-state index in [1.807, 2.05) is 24.3 Å². The van der Waals surface area contributed by atoms with E-state index in [1.54, 1.807) is 71.3 Å². The molecule has 5 aromatic rings. The second kappa shape index (κ2) is 8.63. The van der Waals surface area contributed by atoms with E-state index in [-0.39, 0.29) is 16.3 Å². The van der Waals surface area contributed by atoms with E-state index in [4.69, 9.17) is 0 Å². The maximum absolute atomic E-state index is 13.4. The first-order valence-electron chi connectivity index (χ1n) is 10.7. The zero-order valence-corrected chi connectivity index (χ0v) is 19.2. The summed E-state index contributed by atoms with van der Waals surface area (Å²) in [7, 11) is -3.78. The van der Waals surface area contributed by atoms with Crippen molar-refractivity contribution in [3.8, 4) is 6.07 Å². The van der Waals surface area contributed by atoms with Crippen molar-refractivity contribution in [1.82, 2.24) is 4.57 Å². The number of nitriles is 1. The van der Waals surface area contributed by atoms with Crippen LogP contribution in [0, 0.1) is 11.3 Å². The molecule has 2 N–H and O–H groups in total. The van der Waals surface area contributed by atoms with Gasteiger partial charge in [0.05, 0.1) is 33.5 Å². The van der Waals surface area contributed by atoms with Crippen molar-refractivity contribution in [2.24, 2.45) is 0 Å². The van der Waals surface area contributed by atoms with E-state index in [9.17, 15) is 23.6 Å². The van der Waals surface area contributed by atoms with Crippen LogP contribution in [0.1, 0.15) is 11.1 Å². The summed E-state index contributed by atoms with van der Waals surface area (Å²) >= 11 is 0. The second-order valence-corrected chi connectivity index (χ2v) is 10.0. The summed E-state index contributed by atoms with van der Waals surface area (Å²) in [5.41, 5.74) is 1.79.